The van der Waals surface area contributed by atoms with Crippen LogP contribution in [0.3, 0.4) is 0 Å². The molecule has 63 heavy (non-hydrogen) atoms. The van der Waals surface area contributed by atoms with Gasteiger partial charge in [0.05, 0.1) is 25.4 Å². The Balaban J connectivity index is 2.19. The molecule has 364 valence electrons. The Bertz CT molecular complexity index is 1210. The number of carbonyl (C=O) groups excluding carboxylic acids is 1. The second kappa shape index (κ2) is 43.5. The Labute approximate surface area is 385 Å². The lowest BCUT2D eigenvalue weighted by Crippen LogP contribution is -2.60. The summed E-state index contributed by atoms with van der Waals surface area (Å²) >= 11 is 0. The van der Waals surface area contributed by atoms with Crippen LogP contribution in [0, 0.1) is 0 Å². The van der Waals surface area contributed by atoms with E-state index in [0.717, 1.165) is 70.6 Å². The van der Waals surface area contributed by atoms with Crippen LogP contribution < -0.4 is 5.32 Å². The molecule has 0 aromatic heterocycles. The fourth-order valence-electron chi connectivity index (χ4n) is 7.61. The van der Waals surface area contributed by atoms with Crippen LogP contribution in [0.4, 0.5) is 0 Å². The molecule has 9 nitrogen and oxygen atoms in total. The molecule has 1 heterocycles. The van der Waals surface area contributed by atoms with Gasteiger partial charge in [-0.3, -0.25) is 4.79 Å². The molecule has 7 atom stereocenters. The zero-order valence-electron chi connectivity index (χ0n) is 40.1. The number of hydrogen-bond donors (Lipinski definition) is 6. The fourth-order valence-corrected chi connectivity index (χ4v) is 7.61. The molecule has 0 saturated carbocycles. The molecule has 1 rings (SSSR count). The summed E-state index contributed by atoms with van der Waals surface area (Å²) in [6, 6.07) is -0.829. The van der Waals surface area contributed by atoms with Crippen molar-refractivity contribution >= 4 is 5.91 Å². The van der Waals surface area contributed by atoms with Crippen molar-refractivity contribution in [2.24, 2.45) is 0 Å². The first-order chi connectivity index (χ1) is 30.8. The second-order valence-corrected chi connectivity index (χ2v) is 17.6. The van der Waals surface area contributed by atoms with E-state index in [1.807, 2.05) is 6.08 Å². The summed E-state index contributed by atoms with van der Waals surface area (Å²) < 4.78 is 11.2. The van der Waals surface area contributed by atoms with Gasteiger partial charge in [-0.25, -0.2) is 0 Å². The average molecular weight is 886 g/mol. The van der Waals surface area contributed by atoms with Crippen molar-refractivity contribution in [3.05, 3.63) is 72.9 Å². The van der Waals surface area contributed by atoms with E-state index in [9.17, 15) is 30.3 Å². The number of rotatable bonds is 42. The topological polar surface area (TPSA) is 149 Å². The van der Waals surface area contributed by atoms with Crippen molar-refractivity contribution in [2.75, 3.05) is 13.2 Å². The van der Waals surface area contributed by atoms with E-state index in [1.165, 1.54) is 116 Å². The van der Waals surface area contributed by atoms with Gasteiger partial charge in [-0.15, -0.1) is 0 Å². The fraction of sp³-hybridized carbons (Fsp3) is 0.759. The Morgan fingerprint density at radius 3 is 1.49 bits per heavy atom. The van der Waals surface area contributed by atoms with Crippen molar-refractivity contribution in [2.45, 2.75) is 249 Å². The zero-order valence-corrected chi connectivity index (χ0v) is 40.1. The number of amides is 1. The van der Waals surface area contributed by atoms with Crippen molar-refractivity contribution in [3.63, 3.8) is 0 Å². The minimum atomic E-state index is -1.58. The quantitative estimate of drug-likeness (QED) is 0.0262. The lowest BCUT2D eigenvalue weighted by Gasteiger charge is -2.40. The number of nitrogens with one attached hydrogen (secondary N) is 1. The standard InChI is InChI=1S/C54H95NO8/c1-3-5-7-9-11-13-15-16-17-18-19-20-21-22-23-24-25-26-27-28-29-30-31-32-34-36-38-40-42-44-50(58)55-47(46-62-54-53(61)52(60)51(59)49(45-56)63-54)48(57)43-41-39-37-35-33-14-12-10-8-6-4-2/h8,10,15-16,18-19,21-22,33,35,41,43,47-49,51-54,56-57,59-61H,3-7,9,11-14,17,20,23-32,34,36-40,42,44-46H2,1-2H3,(H,55,58)/b10-8+,16-15-,19-18-,22-21-,35-33+,43-41+. The summed E-state index contributed by atoms with van der Waals surface area (Å²) in [4.78, 5) is 13.0. The molecular formula is C54H95NO8. The Hall–Kier alpha value is -2.37. The molecule has 1 aliphatic rings. The number of carbonyl (C=O) groups is 1. The summed E-state index contributed by atoms with van der Waals surface area (Å²) in [7, 11) is 0. The molecule has 0 spiro atoms. The van der Waals surface area contributed by atoms with Crippen molar-refractivity contribution in [1.29, 1.82) is 0 Å². The maximum atomic E-state index is 13.0. The van der Waals surface area contributed by atoms with Gasteiger partial charge in [-0.2, -0.15) is 0 Å². The van der Waals surface area contributed by atoms with Crippen LogP contribution in [0.15, 0.2) is 72.9 Å². The molecule has 6 N–H and O–H groups in total. The van der Waals surface area contributed by atoms with Gasteiger partial charge in [-0.1, -0.05) is 196 Å². The maximum absolute atomic E-state index is 13.0. The van der Waals surface area contributed by atoms with Crippen LogP contribution in [0.1, 0.15) is 206 Å². The first kappa shape index (κ1) is 58.6. The number of ether oxygens (including phenoxy) is 2. The van der Waals surface area contributed by atoms with Crippen molar-refractivity contribution < 1.29 is 39.8 Å². The van der Waals surface area contributed by atoms with E-state index < -0.39 is 49.5 Å². The SMILES string of the molecule is CCC/C=C/CC/C=C/CC/C=C/C(O)C(COC1OC(CO)C(O)C(O)C1O)NC(=O)CCCCCCCCCCCCCCCC/C=C\C/C=C\C/C=C\CCCCCCC. The van der Waals surface area contributed by atoms with Gasteiger partial charge >= 0.3 is 0 Å². The van der Waals surface area contributed by atoms with Gasteiger partial charge in [0, 0.05) is 6.42 Å². The highest BCUT2D eigenvalue weighted by Gasteiger charge is 2.44. The number of unbranched alkanes of at least 4 members (excludes halogenated alkanes) is 22. The average Bonchev–Trinajstić information content (AvgIpc) is 3.28. The number of hydrogen-bond acceptors (Lipinski definition) is 8. The maximum Gasteiger partial charge on any atom is 0.220 e. The van der Waals surface area contributed by atoms with Crippen LogP contribution in [0.5, 0.6) is 0 Å². The van der Waals surface area contributed by atoms with Gasteiger partial charge in [0.2, 0.25) is 5.91 Å². The Morgan fingerprint density at radius 2 is 0.984 bits per heavy atom. The number of aliphatic hydroxyl groups excluding tert-OH is 5. The van der Waals surface area contributed by atoms with Crippen LogP contribution in [-0.4, -0.2) is 87.5 Å². The zero-order chi connectivity index (χ0) is 45.9. The third-order valence-electron chi connectivity index (χ3n) is 11.7. The smallest absolute Gasteiger partial charge is 0.220 e. The lowest BCUT2D eigenvalue weighted by atomic mass is 9.99. The Morgan fingerprint density at radius 1 is 0.540 bits per heavy atom. The Kier molecular flexibility index (Phi) is 40.5. The minimum absolute atomic E-state index is 0.196. The molecule has 0 bridgehead atoms. The molecule has 7 unspecified atom stereocenters. The predicted octanol–water partition coefficient (Wildman–Crippen LogP) is 11.7. The van der Waals surface area contributed by atoms with Crippen LogP contribution in [0.25, 0.3) is 0 Å². The van der Waals surface area contributed by atoms with Gasteiger partial charge in [0.25, 0.3) is 0 Å². The molecule has 1 saturated heterocycles. The molecule has 9 heteroatoms. The summed E-state index contributed by atoms with van der Waals surface area (Å²) in [6.07, 6.45) is 52.6. The van der Waals surface area contributed by atoms with Gasteiger partial charge < -0.3 is 40.3 Å². The molecule has 1 amide bonds. The van der Waals surface area contributed by atoms with E-state index in [-0.39, 0.29) is 12.5 Å². The summed E-state index contributed by atoms with van der Waals surface area (Å²) in [6.45, 7) is 3.65. The highest BCUT2D eigenvalue weighted by molar-refractivity contribution is 5.76. The summed E-state index contributed by atoms with van der Waals surface area (Å²) in [5.41, 5.74) is 0. The van der Waals surface area contributed by atoms with Crippen molar-refractivity contribution in [3.8, 4) is 0 Å². The molecule has 0 aromatic carbocycles. The summed E-state index contributed by atoms with van der Waals surface area (Å²) in [5.74, 6) is -0.196. The molecular weight excluding hydrogens is 791 g/mol. The summed E-state index contributed by atoms with van der Waals surface area (Å²) in [5, 5.41) is 54.1. The van der Waals surface area contributed by atoms with Crippen LogP contribution in [-0.2, 0) is 14.3 Å². The minimum Gasteiger partial charge on any atom is -0.394 e. The lowest BCUT2D eigenvalue weighted by molar-refractivity contribution is -0.302. The van der Waals surface area contributed by atoms with Gasteiger partial charge in [0.1, 0.15) is 24.4 Å². The molecule has 0 radical (unpaired) electrons. The molecule has 1 fully saturated rings. The van der Waals surface area contributed by atoms with E-state index in [2.05, 4.69) is 79.9 Å². The van der Waals surface area contributed by atoms with E-state index in [0.29, 0.717) is 6.42 Å². The highest BCUT2D eigenvalue weighted by Crippen LogP contribution is 2.22. The third-order valence-corrected chi connectivity index (χ3v) is 11.7. The van der Waals surface area contributed by atoms with E-state index in [1.54, 1.807) is 6.08 Å². The highest BCUT2D eigenvalue weighted by atomic mass is 16.7. The van der Waals surface area contributed by atoms with Crippen LogP contribution in [0.2, 0.25) is 0 Å². The first-order valence-electron chi connectivity index (χ1n) is 25.7. The molecule has 1 aliphatic heterocycles. The third kappa shape index (κ3) is 33.7. The number of allylic oxidation sites excluding steroid dienone is 11. The first-order valence-corrected chi connectivity index (χ1v) is 25.7. The number of aliphatic hydroxyl groups is 5. The van der Waals surface area contributed by atoms with Crippen LogP contribution >= 0.6 is 0 Å². The van der Waals surface area contributed by atoms with Crippen molar-refractivity contribution in [1.82, 2.24) is 5.32 Å². The predicted molar refractivity (Wildman–Crippen MR) is 262 cm³/mol. The molecule has 0 aliphatic carbocycles. The van der Waals surface area contributed by atoms with Gasteiger partial charge in [-0.05, 0) is 77.0 Å². The van der Waals surface area contributed by atoms with E-state index >= 15 is 0 Å². The molecule has 0 aromatic rings. The van der Waals surface area contributed by atoms with E-state index in [4.69, 9.17) is 9.47 Å². The largest absolute Gasteiger partial charge is 0.394 e. The normalized spacial score (nSPS) is 20.8. The monoisotopic (exact) mass is 886 g/mol. The van der Waals surface area contributed by atoms with Gasteiger partial charge in [0.15, 0.2) is 6.29 Å². The second-order valence-electron chi connectivity index (χ2n) is 17.6.